The van der Waals surface area contributed by atoms with Gasteiger partial charge in [-0.15, -0.1) is 11.8 Å². The van der Waals surface area contributed by atoms with Crippen LogP contribution in [-0.2, 0) is 10.5 Å². The van der Waals surface area contributed by atoms with E-state index in [0.29, 0.717) is 6.54 Å². The van der Waals surface area contributed by atoms with Gasteiger partial charge in [-0.05, 0) is 42.9 Å². The Morgan fingerprint density at radius 1 is 1.25 bits per heavy atom. The Labute approximate surface area is 123 Å². The summed E-state index contributed by atoms with van der Waals surface area (Å²) in [4.78, 5) is 16.7. The fourth-order valence-electron chi connectivity index (χ4n) is 1.65. The van der Waals surface area contributed by atoms with Crippen LogP contribution in [0.15, 0.2) is 53.7 Å². The SMILES string of the molecule is CNCC(=O)Nc1ccc(SCc2cccnc2)cc1. The molecular formula is C15H17N3OS. The molecular weight excluding hydrogens is 270 g/mol. The molecule has 0 unspecified atom stereocenters. The third kappa shape index (κ3) is 4.68. The standard InChI is InChI=1S/C15H17N3OS/c1-16-10-15(19)18-13-4-6-14(7-5-13)20-11-12-3-2-8-17-9-12/h2-9,16H,10-11H2,1H3,(H,18,19). The lowest BCUT2D eigenvalue weighted by molar-refractivity contribution is -0.115. The fourth-order valence-corrected chi connectivity index (χ4v) is 2.48. The van der Waals surface area contributed by atoms with E-state index >= 15 is 0 Å². The number of hydrogen-bond donors (Lipinski definition) is 2. The molecule has 0 radical (unpaired) electrons. The van der Waals surface area contributed by atoms with Gasteiger partial charge in [0.05, 0.1) is 6.54 Å². The average molecular weight is 287 g/mol. The van der Waals surface area contributed by atoms with Crippen molar-refractivity contribution in [1.82, 2.24) is 10.3 Å². The molecule has 2 rings (SSSR count). The molecule has 0 aliphatic rings. The fraction of sp³-hybridized carbons (Fsp3) is 0.200. The summed E-state index contributed by atoms with van der Waals surface area (Å²) in [5.74, 6) is 0.850. The summed E-state index contributed by atoms with van der Waals surface area (Å²) < 4.78 is 0. The minimum atomic E-state index is -0.0386. The van der Waals surface area contributed by atoms with Gasteiger partial charge in [-0.2, -0.15) is 0 Å². The zero-order valence-electron chi connectivity index (χ0n) is 11.3. The van der Waals surface area contributed by atoms with Crippen LogP contribution in [-0.4, -0.2) is 24.5 Å². The number of aromatic nitrogens is 1. The second kappa shape index (κ2) is 7.67. The third-order valence-electron chi connectivity index (χ3n) is 2.60. The summed E-state index contributed by atoms with van der Waals surface area (Å²) in [6.45, 7) is 0.317. The van der Waals surface area contributed by atoms with Gasteiger partial charge < -0.3 is 10.6 Å². The van der Waals surface area contributed by atoms with Gasteiger partial charge in [0, 0.05) is 28.7 Å². The number of carbonyl (C=O) groups is 1. The lowest BCUT2D eigenvalue weighted by atomic mass is 10.3. The molecule has 0 aliphatic heterocycles. The number of thioether (sulfide) groups is 1. The van der Waals surface area contributed by atoms with Gasteiger partial charge in [0.1, 0.15) is 0 Å². The highest BCUT2D eigenvalue weighted by molar-refractivity contribution is 7.98. The second-order valence-electron chi connectivity index (χ2n) is 4.25. The highest BCUT2D eigenvalue weighted by Crippen LogP contribution is 2.23. The number of carbonyl (C=O) groups excluding carboxylic acids is 1. The van der Waals surface area contributed by atoms with E-state index in [-0.39, 0.29) is 5.91 Å². The van der Waals surface area contributed by atoms with E-state index in [0.717, 1.165) is 11.4 Å². The normalized spacial score (nSPS) is 10.2. The minimum Gasteiger partial charge on any atom is -0.325 e. The number of nitrogens with one attached hydrogen (secondary N) is 2. The van der Waals surface area contributed by atoms with Crippen molar-refractivity contribution < 1.29 is 4.79 Å². The highest BCUT2D eigenvalue weighted by atomic mass is 32.2. The number of anilines is 1. The molecule has 0 aliphatic carbocycles. The van der Waals surface area contributed by atoms with Gasteiger partial charge in [-0.3, -0.25) is 9.78 Å². The Bertz CT molecular complexity index is 543. The van der Waals surface area contributed by atoms with Crippen LogP contribution in [0.5, 0.6) is 0 Å². The van der Waals surface area contributed by atoms with Gasteiger partial charge in [-0.25, -0.2) is 0 Å². The van der Waals surface area contributed by atoms with Crippen LogP contribution in [0.4, 0.5) is 5.69 Å². The Balaban J connectivity index is 1.87. The maximum absolute atomic E-state index is 11.4. The van der Waals surface area contributed by atoms with Crippen molar-refractivity contribution >= 4 is 23.4 Å². The molecule has 2 N–H and O–H groups in total. The molecule has 4 nitrogen and oxygen atoms in total. The van der Waals surface area contributed by atoms with Crippen molar-refractivity contribution in [3.05, 3.63) is 54.4 Å². The van der Waals surface area contributed by atoms with Crippen molar-refractivity contribution in [2.45, 2.75) is 10.6 Å². The van der Waals surface area contributed by atoms with Crippen molar-refractivity contribution in [3.8, 4) is 0 Å². The van der Waals surface area contributed by atoms with Crippen molar-refractivity contribution in [3.63, 3.8) is 0 Å². The van der Waals surface area contributed by atoms with Crippen LogP contribution in [0.2, 0.25) is 0 Å². The van der Waals surface area contributed by atoms with Gasteiger partial charge in [-0.1, -0.05) is 6.07 Å². The first kappa shape index (κ1) is 14.6. The summed E-state index contributed by atoms with van der Waals surface area (Å²) >= 11 is 1.75. The summed E-state index contributed by atoms with van der Waals surface area (Å²) in [6.07, 6.45) is 3.65. The predicted octanol–water partition coefficient (Wildman–Crippen LogP) is 2.53. The van der Waals surface area contributed by atoms with Crippen molar-refractivity contribution in [2.75, 3.05) is 18.9 Å². The van der Waals surface area contributed by atoms with E-state index in [1.807, 2.05) is 36.5 Å². The second-order valence-corrected chi connectivity index (χ2v) is 5.30. The van der Waals surface area contributed by atoms with Crippen LogP contribution in [0.25, 0.3) is 0 Å². The molecule has 0 saturated carbocycles. The van der Waals surface area contributed by atoms with Crippen LogP contribution in [0.1, 0.15) is 5.56 Å². The predicted molar refractivity (Wildman–Crippen MR) is 82.8 cm³/mol. The van der Waals surface area contributed by atoms with E-state index in [2.05, 4.69) is 21.7 Å². The first-order chi connectivity index (χ1) is 9.78. The molecule has 2 aromatic rings. The smallest absolute Gasteiger partial charge is 0.238 e. The Hall–Kier alpha value is -1.85. The third-order valence-corrected chi connectivity index (χ3v) is 3.69. The number of likely N-dealkylation sites (N-methyl/N-ethyl adjacent to an activating group) is 1. The van der Waals surface area contributed by atoms with Gasteiger partial charge in [0.25, 0.3) is 0 Å². The van der Waals surface area contributed by atoms with Gasteiger partial charge in [0.2, 0.25) is 5.91 Å². The molecule has 1 aromatic heterocycles. The van der Waals surface area contributed by atoms with Gasteiger partial charge >= 0.3 is 0 Å². The average Bonchev–Trinajstić information content (AvgIpc) is 2.48. The number of nitrogens with zero attached hydrogens (tertiary/aromatic N) is 1. The zero-order valence-corrected chi connectivity index (χ0v) is 12.1. The first-order valence-electron chi connectivity index (χ1n) is 6.34. The first-order valence-corrected chi connectivity index (χ1v) is 7.32. The number of pyridine rings is 1. The lowest BCUT2D eigenvalue weighted by Crippen LogP contribution is -2.24. The van der Waals surface area contributed by atoms with E-state index in [9.17, 15) is 4.79 Å². The van der Waals surface area contributed by atoms with Crippen LogP contribution in [0.3, 0.4) is 0 Å². The number of hydrogen-bond acceptors (Lipinski definition) is 4. The summed E-state index contributed by atoms with van der Waals surface area (Å²) in [5.41, 5.74) is 2.01. The molecule has 0 spiro atoms. The van der Waals surface area contributed by atoms with Crippen molar-refractivity contribution in [2.24, 2.45) is 0 Å². The van der Waals surface area contributed by atoms with E-state index < -0.39 is 0 Å². The topological polar surface area (TPSA) is 54.0 Å². The van der Waals surface area contributed by atoms with Crippen LogP contribution in [0, 0.1) is 0 Å². The molecule has 0 atom stereocenters. The summed E-state index contributed by atoms with van der Waals surface area (Å²) in [5, 5.41) is 5.64. The maximum Gasteiger partial charge on any atom is 0.238 e. The molecule has 1 heterocycles. The molecule has 0 fully saturated rings. The Morgan fingerprint density at radius 2 is 2.05 bits per heavy atom. The molecule has 104 valence electrons. The highest BCUT2D eigenvalue weighted by Gasteiger charge is 2.01. The van der Waals surface area contributed by atoms with Crippen molar-refractivity contribution in [1.29, 1.82) is 0 Å². The van der Waals surface area contributed by atoms with Crippen LogP contribution < -0.4 is 10.6 Å². The summed E-state index contributed by atoms with van der Waals surface area (Å²) in [7, 11) is 1.75. The van der Waals surface area contributed by atoms with E-state index in [4.69, 9.17) is 0 Å². The molecule has 0 saturated heterocycles. The zero-order chi connectivity index (χ0) is 14.2. The molecule has 0 bridgehead atoms. The lowest BCUT2D eigenvalue weighted by Gasteiger charge is -2.06. The Kier molecular flexibility index (Phi) is 5.58. The molecule has 5 heteroatoms. The number of amides is 1. The maximum atomic E-state index is 11.4. The largest absolute Gasteiger partial charge is 0.325 e. The van der Waals surface area contributed by atoms with E-state index in [1.165, 1.54) is 10.5 Å². The molecule has 20 heavy (non-hydrogen) atoms. The number of benzene rings is 1. The van der Waals surface area contributed by atoms with E-state index in [1.54, 1.807) is 25.0 Å². The minimum absolute atomic E-state index is 0.0386. The Morgan fingerprint density at radius 3 is 2.70 bits per heavy atom. The number of rotatable bonds is 6. The molecule has 1 aromatic carbocycles. The molecule has 1 amide bonds. The quantitative estimate of drug-likeness (QED) is 0.802. The summed E-state index contributed by atoms with van der Waals surface area (Å²) in [6, 6.07) is 11.9. The monoisotopic (exact) mass is 287 g/mol. The van der Waals surface area contributed by atoms with Crippen LogP contribution >= 0.6 is 11.8 Å². The van der Waals surface area contributed by atoms with Gasteiger partial charge in [0.15, 0.2) is 0 Å².